The summed E-state index contributed by atoms with van der Waals surface area (Å²) in [4.78, 5) is 0. The first-order valence-corrected chi connectivity index (χ1v) is 12.3. The van der Waals surface area contributed by atoms with Crippen molar-refractivity contribution in [2.75, 3.05) is 0 Å². The minimum Gasteiger partial charge on any atom is -0.456 e. The molecule has 1 aliphatic heterocycles. The maximum Gasteiger partial charge on any atom is 0.498 e. The highest BCUT2D eigenvalue weighted by Gasteiger charge is 2.52. The molecule has 0 unspecified atom stereocenters. The van der Waals surface area contributed by atoms with Gasteiger partial charge in [0.25, 0.3) is 0 Å². The molecule has 0 saturated carbocycles. The molecule has 8 rings (SSSR count). The molecule has 0 spiro atoms. The lowest BCUT2D eigenvalue weighted by atomic mass is 9.77. The maximum atomic E-state index is 6.50. The monoisotopic (exact) mass is 474 g/mol. The quantitative estimate of drug-likeness (QED) is 0.228. The van der Waals surface area contributed by atoms with Crippen molar-refractivity contribution in [2.45, 2.75) is 38.9 Å². The van der Waals surface area contributed by atoms with Gasteiger partial charge in [-0.25, -0.2) is 0 Å². The van der Waals surface area contributed by atoms with Gasteiger partial charge < -0.3 is 22.6 Å². The average molecular weight is 474 g/mol. The lowest BCUT2D eigenvalue weighted by Gasteiger charge is -2.32. The molecule has 0 bridgehead atoms. The number of furan rings is 3. The minimum atomic E-state index is -0.582. The van der Waals surface area contributed by atoms with Gasteiger partial charge in [-0.3, -0.25) is 0 Å². The Morgan fingerprint density at radius 2 is 1.17 bits per heavy atom. The van der Waals surface area contributed by atoms with Crippen LogP contribution in [0.5, 0.6) is 0 Å². The van der Waals surface area contributed by atoms with E-state index in [2.05, 4.69) is 45.9 Å². The summed E-state index contributed by atoms with van der Waals surface area (Å²) in [5, 5.41) is 6.10. The summed E-state index contributed by atoms with van der Waals surface area (Å²) in [7, 11) is -0.582. The van der Waals surface area contributed by atoms with Crippen LogP contribution in [-0.2, 0) is 9.31 Å². The average Bonchev–Trinajstić information content (AvgIpc) is 3.56. The van der Waals surface area contributed by atoms with Crippen LogP contribution >= 0.6 is 0 Å². The van der Waals surface area contributed by atoms with Crippen LogP contribution in [0.4, 0.5) is 0 Å². The van der Waals surface area contributed by atoms with Crippen LogP contribution in [0.25, 0.3) is 65.8 Å². The van der Waals surface area contributed by atoms with Crippen molar-refractivity contribution in [3.8, 4) is 0 Å². The zero-order valence-corrected chi connectivity index (χ0v) is 20.5. The first-order valence-electron chi connectivity index (χ1n) is 12.3. The molecule has 176 valence electrons. The van der Waals surface area contributed by atoms with Gasteiger partial charge in [-0.2, -0.15) is 0 Å². The van der Waals surface area contributed by atoms with Gasteiger partial charge in [-0.05, 0) is 58.0 Å². The Labute approximate surface area is 206 Å². The van der Waals surface area contributed by atoms with Crippen molar-refractivity contribution in [2.24, 2.45) is 0 Å². The number of rotatable bonds is 1. The summed E-state index contributed by atoms with van der Waals surface area (Å²) >= 11 is 0. The molecule has 7 aromatic rings. The molecular formula is C30H23BO5. The minimum absolute atomic E-state index is 0.473. The van der Waals surface area contributed by atoms with E-state index in [1.165, 1.54) is 0 Å². The van der Waals surface area contributed by atoms with E-state index in [9.17, 15) is 0 Å². The van der Waals surface area contributed by atoms with Crippen LogP contribution in [0.15, 0.2) is 80.0 Å². The molecule has 0 radical (unpaired) electrons. The topological polar surface area (TPSA) is 57.9 Å². The Morgan fingerprint density at radius 3 is 1.92 bits per heavy atom. The fourth-order valence-corrected chi connectivity index (χ4v) is 5.58. The molecule has 4 aromatic carbocycles. The molecule has 36 heavy (non-hydrogen) atoms. The van der Waals surface area contributed by atoms with Crippen LogP contribution in [-0.4, -0.2) is 18.3 Å². The second-order valence-electron chi connectivity index (χ2n) is 10.7. The lowest BCUT2D eigenvalue weighted by molar-refractivity contribution is 0.00578. The highest BCUT2D eigenvalue weighted by Crippen LogP contribution is 2.45. The number of fused-ring (bicyclic) bond motifs is 11. The first-order chi connectivity index (χ1) is 17.3. The third-order valence-corrected chi connectivity index (χ3v) is 8.13. The van der Waals surface area contributed by atoms with Crippen LogP contribution in [0, 0.1) is 0 Å². The number of hydrogen-bond donors (Lipinski definition) is 0. The SMILES string of the molecule is CC1(C)OB(c2cc3oc4ccc5c6ccccc6oc5c4c3c3c2oc2ccccc23)OC1(C)C. The molecule has 4 heterocycles. The number of para-hydroxylation sites is 2. The van der Waals surface area contributed by atoms with Crippen molar-refractivity contribution >= 4 is 78.4 Å². The zero-order valence-electron chi connectivity index (χ0n) is 20.5. The van der Waals surface area contributed by atoms with E-state index in [0.717, 1.165) is 71.3 Å². The highest BCUT2D eigenvalue weighted by atomic mass is 16.7. The molecule has 0 aliphatic carbocycles. The van der Waals surface area contributed by atoms with Crippen LogP contribution in [0.3, 0.4) is 0 Å². The van der Waals surface area contributed by atoms with Gasteiger partial charge in [-0.1, -0.05) is 36.4 Å². The van der Waals surface area contributed by atoms with Gasteiger partial charge in [0.2, 0.25) is 0 Å². The summed E-state index contributed by atoms with van der Waals surface area (Å²) in [6.45, 7) is 8.23. The van der Waals surface area contributed by atoms with Gasteiger partial charge in [0, 0.05) is 32.4 Å². The Hall–Kier alpha value is -3.74. The second-order valence-corrected chi connectivity index (χ2v) is 10.7. The van der Waals surface area contributed by atoms with Gasteiger partial charge in [-0.15, -0.1) is 0 Å². The van der Waals surface area contributed by atoms with E-state index in [4.69, 9.17) is 22.6 Å². The molecule has 1 aliphatic rings. The van der Waals surface area contributed by atoms with Gasteiger partial charge in [0.15, 0.2) is 0 Å². The van der Waals surface area contributed by atoms with E-state index in [1.54, 1.807) is 0 Å². The standard InChI is InChI=1S/C30H23BO5/c1-29(2)30(3,4)36-31(35-29)19-15-23-25(24-18-10-6-8-12-21(18)34-28(19)24)26-22(32-23)14-13-17-16-9-5-7-11-20(16)33-27(17)26/h5-15H,1-4H3. The van der Waals surface area contributed by atoms with E-state index in [1.807, 2.05) is 48.5 Å². The number of benzene rings is 4. The van der Waals surface area contributed by atoms with E-state index >= 15 is 0 Å². The van der Waals surface area contributed by atoms with Crippen molar-refractivity contribution in [3.63, 3.8) is 0 Å². The van der Waals surface area contributed by atoms with E-state index < -0.39 is 18.3 Å². The summed E-state index contributed by atoms with van der Waals surface area (Å²) in [5.41, 5.74) is 4.64. The first kappa shape index (κ1) is 20.5. The van der Waals surface area contributed by atoms with Crippen molar-refractivity contribution in [1.82, 2.24) is 0 Å². The molecule has 5 nitrogen and oxygen atoms in total. The third kappa shape index (κ3) is 2.48. The summed E-state index contributed by atoms with van der Waals surface area (Å²) in [6, 6.07) is 22.3. The Kier molecular flexibility index (Phi) is 3.71. The fraction of sp³-hybridized carbons (Fsp3) is 0.200. The molecule has 0 amide bonds. The van der Waals surface area contributed by atoms with Crippen LogP contribution < -0.4 is 5.46 Å². The summed E-state index contributed by atoms with van der Waals surface area (Å²) in [6.07, 6.45) is 0. The van der Waals surface area contributed by atoms with Crippen LogP contribution in [0.1, 0.15) is 27.7 Å². The Morgan fingerprint density at radius 1 is 0.528 bits per heavy atom. The molecule has 1 saturated heterocycles. The van der Waals surface area contributed by atoms with Crippen molar-refractivity contribution in [1.29, 1.82) is 0 Å². The van der Waals surface area contributed by atoms with Crippen molar-refractivity contribution < 1.29 is 22.6 Å². The van der Waals surface area contributed by atoms with Crippen molar-refractivity contribution in [3.05, 3.63) is 66.7 Å². The normalized spacial score (nSPS) is 17.6. The third-order valence-electron chi connectivity index (χ3n) is 8.13. The van der Waals surface area contributed by atoms with Gasteiger partial charge in [0.1, 0.15) is 33.5 Å². The smallest absolute Gasteiger partial charge is 0.456 e. The lowest BCUT2D eigenvalue weighted by Crippen LogP contribution is -2.41. The number of hydrogen-bond acceptors (Lipinski definition) is 5. The zero-order chi connectivity index (χ0) is 24.4. The van der Waals surface area contributed by atoms with Crippen LogP contribution in [0.2, 0.25) is 0 Å². The second kappa shape index (κ2) is 6.52. The Balaban J connectivity index is 1.55. The Bertz CT molecular complexity index is 2000. The molecule has 0 atom stereocenters. The highest BCUT2D eigenvalue weighted by molar-refractivity contribution is 6.66. The molecule has 1 fully saturated rings. The van der Waals surface area contributed by atoms with Gasteiger partial charge >= 0.3 is 7.12 Å². The van der Waals surface area contributed by atoms with Gasteiger partial charge in [0.05, 0.1) is 16.6 Å². The molecular weight excluding hydrogens is 451 g/mol. The van der Waals surface area contributed by atoms with E-state index in [-0.39, 0.29) is 0 Å². The largest absolute Gasteiger partial charge is 0.498 e. The predicted molar refractivity (Wildman–Crippen MR) is 144 cm³/mol. The summed E-state index contributed by atoms with van der Waals surface area (Å²) < 4.78 is 32.3. The fourth-order valence-electron chi connectivity index (χ4n) is 5.58. The molecule has 3 aromatic heterocycles. The molecule has 0 N–H and O–H groups in total. The maximum absolute atomic E-state index is 6.50. The van der Waals surface area contributed by atoms with E-state index in [0.29, 0.717) is 0 Å². The predicted octanol–water partition coefficient (Wildman–Crippen LogP) is 7.68. The molecule has 6 heteroatoms. The summed E-state index contributed by atoms with van der Waals surface area (Å²) in [5.74, 6) is 0.